The highest BCUT2D eigenvalue weighted by Gasteiger charge is 2.22. The lowest BCUT2D eigenvalue weighted by atomic mass is 10.0. The standard InChI is InChI=1S/C17H18N4OS/c1-12-2-4-15(23-12)17(22)20-14-6-8-21(9-7-14)16-5-3-13(10-18)11-19-16/h2-5,11,14H,6-9H2,1H3,(H,20,22). The van der Waals surface area contributed by atoms with Gasteiger partial charge in [-0.25, -0.2) is 4.98 Å². The molecular formula is C17H18N4OS. The van der Waals surface area contributed by atoms with E-state index in [-0.39, 0.29) is 11.9 Å². The first-order valence-electron chi connectivity index (χ1n) is 7.64. The second-order valence-electron chi connectivity index (χ2n) is 5.66. The molecule has 0 spiro atoms. The molecule has 0 radical (unpaired) electrons. The van der Waals surface area contributed by atoms with Crippen molar-refractivity contribution in [2.75, 3.05) is 18.0 Å². The van der Waals surface area contributed by atoms with Crippen LogP contribution in [0.1, 0.15) is 33.0 Å². The molecule has 0 saturated carbocycles. The fourth-order valence-electron chi connectivity index (χ4n) is 2.71. The summed E-state index contributed by atoms with van der Waals surface area (Å²) in [6, 6.07) is 9.80. The van der Waals surface area contributed by atoms with Gasteiger partial charge in [0, 0.05) is 30.2 Å². The maximum atomic E-state index is 12.2. The largest absolute Gasteiger partial charge is 0.356 e. The summed E-state index contributed by atoms with van der Waals surface area (Å²) in [5.74, 6) is 0.917. The number of nitrogens with one attached hydrogen (secondary N) is 1. The quantitative estimate of drug-likeness (QED) is 0.941. The Hall–Kier alpha value is -2.39. The zero-order chi connectivity index (χ0) is 16.2. The molecule has 1 aliphatic heterocycles. The van der Waals surface area contributed by atoms with Gasteiger partial charge in [-0.1, -0.05) is 0 Å². The predicted molar refractivity (Wildman–Crippen MR) is 90.7 cm³/mol. The van der Waals surface area contributed by atoms with Crippen LogP contribution in [0.3, 0.4) is 0 Å². The second kappa shape index (κ2) is 6.80. The van der Waals surface area contributed by atoms with Crippen molar-refractivity contribution in [3.8, 4) is 6.07 Å². The number of hydrogen-bond donors (Lipinski definition) is 1. The van der Waals surface area contributed by atoms with Gasteiger partial charge in [-0.3, -0.25) is 4.79 Å². The molecule has 23 heavy (non-hydrogen) atoms. The van der Waals surface area contributed by atoms with E-state index in [1.54, 1.807) is 12.3 Å². The number of pyridine rings is 1. The molecule has 1 aliphatic rings. The Bertz CT molecular complexity index is 724. The average molecular weight is 326 g/mol. The van der Waals surface area contributed by atoms with Crippen molar-refractivity contribution in [2.45, 2.75) is 25.8 Å². The van der Waals surface area contributed by atoms with E-state index in [0.29, 0.717) is 5.56 Å². The van der Waals surface area contributed by atoms with Crippen molar-refractivity contribution < 1.29 is 4.79 Å². The van der Waals surface area contributed by atoms with Gasteiger partial charge in [0.2, 0.25) is 0 Å². The number of thiophene rings is 1. The molecule has 3 heterocycles. The molecule has 0 bridgehead atoms. The number of anilines is 1. The van der Waals surface area contributed by atoms with Crippen LogP contribution >= 0.6 is 11.3 Å². The summed E-state index contributed by atoms with van der Waals surface area (Å²) >= 11 is 1.53. The van der Waals surface area contributed by atoms with Crippen LogP contribution in [0.25, 0.3) is 0 Å². The summed E-state index contributed by atoms with van der Waals surface area (Å²) in [6.45, 7) is 3.71. The highest BCUT2D eigenvalue weighted by atomic mass is 32.1. The third kappa shape index (κ3) is 3.69. The number of carbonyl (C=O) groups excluding carboxylic acids is 1. The van der Waals surface area contributed by atoms with E-state index < -0.39 is 0 Å². The average Bonchev–Trinajstić information content (AvgIpc) is 3.02. The minimum atomic E-state index is 0.0260. The van der Waals surface area contributed by atoms with Crippen LogP contribution in [-0.2, 0) is 0 Å². The van der Waals surface area contributed by atoms with Crippen molar-refractivity contribution in [2.24, 2.45) is 0 Å². The van der Waals surface area contributed by atoms with Crippen LogP contribution in [0.5, 0.6) is 0 Å². The Morgan fingerprint density at radius 1 is 1.35 bits per heavy atom. The number of aromatic nitrogens is 1. The number of piperidine rings is 1. The fraction of sp³-hybridized carbons (Fsp3) is 0.353. The molecule has 6 heteroatoms. The molecule has 1 fully saturated rings. The van der Waals surface area contributed by atoms with Gasteiger partial charge >= 0.3 is 0 Å². The van der Waals surface area contributed by atoms with E-state index >= 15 is 0 Å². The molecule has 3 rings (SSSR count). The fourth-order valence-corrected chi connectivity index (χ4v) is 3.48. The first kappa shape index (κ1) is 15.5. The lowest BCUT2D eigenvalue weighted by Gasteiger charge is -2.33. The number of nitriles is 1. The molecule has 0 atom stereocenters. The highest BCUT2D eigenvalue weighted by Crippen LogP contribution is 2.19. The highest BCUT2D eigenvalue weighted by molar-refractivity contribution is 7.13. The number of rotatable bonds is 3. The topological polar surface area (TPSA) is 69.0 Å². The van der Waals surface area contributed by atoms with E-state index in [1.807, 2.05) is 25.1 Å². The number of nitrogens with zero attached hydrogens (tertiary/aromatic N) is 3. The Labute approximate surface area is 139 Å². The first-order chi connectivity index (χ1) is 11.2. The molecular weight excluding hydrogens is 308 g/mol. The predicted octanol–water partition coefficient (Wildman–Crippen LogP) is 2.72. The molecule has 1 saturated heterocycles. The Morgan fingerprint density at radius 2 is 2.13 bits per heavy atom. The number of aryl methyl sites for hydroxylation is 1. The van der Waals surface area contributed by atoms with Gasteiger partial charge in [-0.05, 0) is 44.0 Å². The van der Waals surface area contributed by atoms with Crippen LogP contribution in [0.2, 0.25) is 0 Å². The summed E-state index contributed by atoms with van der Waals surface area (Å²) in [7, 11) is 0. The molecule has 5 nitrogen and oxygen atoms in total. The van der Waals surface area contributed by atoms with E-state index in [1.165, 1.54) is 11.3 Å². The van der Waals surface area contributed by atoms with Gasteiger partial charge in [0.05, 0.1) is 10.4 Å². The summed E-state index contributed by atoms with van der Waals surface area (Å²) in [5.41, 5.74) is 0.571. The van der Waals surface area contributed by atoms with Crippen LogP contribution < -0.4 is 10.2 Å². The Kier molecular flexibility index (Phi) is 4.58. The lowest BCUT2D eigenvalue weighted by Crippen LogP contribution is -2.44. The van der Waals surface area contributed by atoms with Crippen LogP contribution in [-0.4, -0.2) is 30.0 Å². The summed E-state index contributed by atoms with van der Waals surface area (Å²) in [5, 5.41) is 11.9. The van der Waals surface area contributed by atoms with Gasteiger partial charge in [0.1, 0.15) is 11.9 Å². The molecule has 0 aliphatic carbocycles. The molecule has 1 amide bonds. The van der Waals surface area contributed by atoms with Crippen molar-refractivity contribution in [1.82, 2.24) is 10.3 Å². The van der Waals surface area contributed by atoms with Crippen LogP contribution in [0.15, 0.2) is 30.5 Å². The second-order valence-corrected chi connectivity index (χ2v) is 6.95. The Morgan fingerprint density at radius 3 is 2.70 bits per heavy atom. The van der Waals surface area contributed by atoms with Crippen LogP contribution in [0.4, 0.5) is 5.82 Å². The molecule has 0 aromatic carbocycles. The molecule has 1 N–H and O–H groups in total. The lowest BCUT2D eigenvalue weighted by molar-refractivity contribution is 0.0935. The van der Waals surface area contributed by atoms with Crippen LogP contribution in [0, 0.1) is 18.3 Å². The monoisotopic (exact) mass is 326 g/mol. The first-order valence-corrected chi connectivity index (χ1v) is 8.46. The number of amides is 1. The summed E-state index contributed by atoms with van der Waals surface area (Å²) in [4.78, 5) is 20.6. The number of carbonyl (C=O) groups is 1. The third-order valence-corrected chi connectivity index (χ3v) is 4.99. The zero-order valence-corrected chi connectivity index (χ0v) is 13.8. The Balaban J connectivity index is 1.53. The van der Waals surface area contributed by atoms with E-state index in [4.69, 9.17) is 5.26 Å². The smallest absolute Gasteiger partial charge is 0.261 e. The molecule has 0 unspecified atom stereocenters. The van der Waals surface area contributed by atoms with Crippen molar-refractivity contribution >= 4 is 23.1 Å². The van der Waals surface area contributed by atoms with Gasteiger partial charge in [-0.15, -0.1) is 11.3 Å². The third-order valence-electron chi connectivity index (χ3n) is 4.00. The summed E-state index contributed by atoms with van der Waals surface area (Å²) < 4.78 is 0. The molecule has 2 aromatic rings. The minimum Gasteiger partial charge on any atom is -0.356 e. The molecule has 118 valence electrons. The van der Waals surface area contributed by atoms with E-state index in [2.05, 4.69) is 21.3 Å². The van der Waals surface area contributed by atoms with Crippen molar-refractivity contribution in [3.05, 3.63) is 45.8 Å². The SMILES string of the molecule is Cc1ccc(C(=O)NC2CCN(c3ccc(C#N)cn3)CC2)s1. The maximum absolute atomic E-state index is 12.2. The van der Waals surface area contributed by atoms with Crippen molar-refractivity contribution in [3.63, 3.8) is 0 Å². The minimum absolute atomic E-state index is 0.0260. The molecule has 2 aromatic heterocycles. The van der Waals surface area contributed by atoms with Crippen molar-refractivity contribution in [1.29, 1.82) is 5.26 Å². The zero-order valence-electron chi connectivity index (χ0n) is 13.0. The van der Waals surface area contributed by atoms with E-state index in [9.17, 15) is 4.79 Å². The maximum Gasteiger partial charge on any atom is 0.261 e. The normalized spacial score (nSPS) is 15.2. The van der Waals surface area contributed by atoms with E-state index in [0.717, 1.165) is 41.5 Å². The number of hydrogen-bond acceptors (Lipinski definition) is 5. The van der Waals surface area contributed by atoms with Gasteiger partial charge in [-0.2, -0.15) is 5.26 Å². The summed E-state index contributed by atoms with van der Waals surface area (Å²) in [6.07, 6.45) is 3.40. The van der Waals surface area contributed by atoms with Gasteiger partial charge in [0.25, 0.3) is 5.91 Å². The van der Waals surface area contributed by atoms with Gasteiger partial charge < -0.3 is 10.2 Å². The van der Waals surface area contributed by atoms with Gasteiger partial charge in [0.15, 0.2) is 0 Å².